The standard InChI is InChI=1S/C24H28FN3O3S2/c1-3-15-28(16-4-2)33(30,31)21-12-5-18(6-13-21)7-14-23(29)27-24-26-22(17-32-24)19-8-10-20(25)11-9-19/h5-6,8-13,17H,3-4,7,14-16H2,1-2H3,(H,26,27,29). The highest BCUT2D eigenvalue weighted by Crippen LogP contribution is 2.25. The Balaban J connectivity index is 1.56. The first-order valence-corrected chi connectivity index (χ1v) is 13.3. The number of anilines is 1. The number of aryl methyl sites for hydroxylation is 1. The Morgan fingerprint density at radius 2 is 1.67 bits per heavy atom. The number of aromatic nitrogens is 1. The van der Waals surface area contributed by atoms with Gasteiger partial charge in [-0.1, -0.05) is 26.0 Å². The third-order valence-corrected chi connectivity index (χ3v) is 7.71. The highest BCUT2D eigenvalue weighted by molar-refractivity contribution is 7.89. The predicted octanol–water partition coefficient (Wildman–Crippen LogP) is 5.33. The number of hydrogen-bond donors (Lipinski definition) is 1. The molecule has 0 aliphatic heterocycles. The van der Waals surface area contributed by atoms with Gasteiger partial charge in [-0.05, 0) is 61.2 Å². The number of thiazole rings is 1. The molecular weight excluding hydrogens is 461 g/mol. The second-order valence-electron chi connectivity index (χ2n) is 7.64. The van der Waals surface area contributed by atoms with Crippen molar-refractivity contribution in [3.8, 4) is 11.3 Å². The van der Waals surface area contributed by atoms with Crippen LogP contribution in [0.4, 0.5) is 9.52 Å². The summed E-state index contributed by atoms with van der Waals surface area (Å²) in [6, 6.07) is 12.8. The summed E-state index contributed by atoms with van der Waals surface area (Å²) in [6.45, 7) is 4.92. The summed E-state index contributed by atoms with van der Waals surface area (Å²) in [5.41, 5.74) is 2.33. The Labute approximate surface area is 198 Å². The van der Waals surface area contributed by atoms with Gasteiger partial charge >= 0.3 is 0 Å². The fraction of sp³-hybridized carbons (Fsp3) is 0.333. The molecule has 0 fully saturated rings. The summed E-state index contributed by atoms with van der Waals surface area (Å²) in [7, 11) is -3.51. The lowest BCUT2D eigenvalue weighted by molar-refractivity contribution is -0.116. The Morgan fingerprint density at radius 3 is 2.27 bits per heavy atom. The number of halogens is 1. The third kappa shape index (κ3) is 6.69. The molecule has 1 amide bonds. The van der Waals surface area contributed by atoms with Crippen LogP contribution in [0.3, 0.4) is 0 Å². The van der Waals surface area contributed by atoms with Gasteiger partial charge in [-0.3, -0.25) is 4.79 Å². The number of amides is 1. The summed E-state index contributed by atoms with van der Waals surface area (Å²) in [4.78, 5) is 17.0. The first-order chi connectivity index (χ1) is 15.8. The van der Waals surface area contributed by atoms with E-state index in [0.29, 0.717) is 30.3 Å². The zero-order valence-electron chi connectivity index (χ0n) is 18.8. The van der Waals surface area contributed by atoms with E-state index in [1.165, 1.54) is 27.8 Å². The van der Waals surface area contributed by atoms with Crippen LogP contribution in [0, 0.1) is 5.82 Å². The van der Waals surface area contributed by atoms with E-state index in [2.05, 4.69) is 10.3 Å². The van der Waals surface area contributed by atoms with Crippen molar-refractivity contribution in [2.24, 2.45) is 0 Å². The highest BCUT2D eigenvalue weighted by Gasteiger charge is 2.22. The molecule has 2 aromatic carbocycles. The number of hydrogen-bond acceptors (Lipinski definition) is 5. The Morgan fingerprint density at radius 1 is 1.03 bits per heavy atom. The zero-order valence-corrected chi connectivity index (χ0v) is 20.4. The molecule has 3 rings (SSSR count). The molecule has 0 unspecified atom stereocenters. The van der Waals surface area contributed by atoms with Gasteiger partial charge in [-0.15, -0.1) is 11.3 Å². The Kier molecular flexibility index (Phi) is 8.71. The van der Waals surface area contributed by atoms with Crippen molar-refractivity contribution in [2.75, 3.05) is 18.4 Å². The minimum Gasteiger partial charge on any atom is -0.302 e. The van der Waals surface area contributed by atoms with Crippen LogP contribution in [0.25, 0.3) is 11.3 Å². The molecule has 33 heavy (non-hydrogen) atoms. The van der Waals surface area contributed by atoms with Crippen LogP contribution < -0.4 is 5.32 Å². The maximum atomic E-state index is 13.1. The fourth-order valence-corrected chi connectivity index (χ4v) is 5.71. The molecule has 0 spiro atoms. The van der Waals surface area contributed by atoms with Gasteiger partial charge < -0.3 is 5.32 Å². The molecule has 6 nitrogen and oxygen atoms in total. The van der Waals surface area contributed by atoms with Crippen LogP contribution in [0.5, 0.6) is 0 Å². The van der Waals surface area contributed by atoms with Crippen LogP contribution in [-0.2, 0) is 21.2 Å². The normalized spacial score (nSPS) is 11.6. The van der Waals surface area contributed by atoms with E-state index < -0.39 is 10.0 Å². The molecule has 0 atom stereocenters. The molecule has 1 aromatic heterocycles. The molecule has 0 aliphatic rings. The van der Waals surface area contributed by atoms with Crippen LogP contribution >= 0.6 is 11.3 Å². The number of sulfonamides is 1. The molecule has 0 bridgehead atoms. The summed E-state index contributed by atoms with van der Waals surface area (Å²) < 4.78 is 40.3. The maximum absolute atomic E-state index is 13.1. The van der Waals surface area contributed by atoms with Crippen molar-refractivity contribution in [2.45, 2.75) is 44.4 Å². The van der Waals surface area contributed by atoms with Gasteiger partial charge in [0.25, 0.3) is 0 Å². The second-order valence-corrected chi connectivity index (χ2v) is 10.4. The van der Waals surface area contributed by atoms with E-state index in [-0.39, 0.29) is 23.0 Å². The first-order valence-electron chi connectivity index (χ1n) is 10.9. The number of nitrogens with zero attached hydrogens (tertiary/aromatic N) is 2. The lowest BCUT2D eigenvalue weighted by Gasteiger charge is -2.21. The van der Waals surface area contributed by atoms with E-state index in [1.54, 1.807) is 36.4 Å². The molecule has 176 valence electrons. The van der Waals surface area contributed by atoms with E-state index >= 15 is 0 Å². The van der Waals surface area contributed by atoms with Gasteiger partial charge in [0.2, 0.25) is 15.9 Å². The third-order valence-electron chi connectivity index (χ3n) is 5.04. The fourth-order valence-electron chi connectivity index (χ4n) is 3.35. The zero-order chi connectivity index (χ0) is 23.8. The van der Waals surface area contributed by atoms with E-state index in [1.807, 2.05) is 19.2 Å². The molecule has 9 heteroatoms. The van der Waals surface area contributed by atoms with Gasteiger partial charge in [-0.25, -0.2) is 17.8 Å². The topological polar surface area (TPSA) is 79.4 Å². The SMILES string of the molecule is CCCN(CCC)S(=O)(=O)c1ccc(CCC(=O)Nc2nc(-c3ccc(F)cc3)cs2)cc1. The molecule has 0 saturated carbocycles. The molecular formula is C24H28FN3O3S2. The van der Waals surface area contributed by atoms with Gasteiger partial charge in [0.1, 0.15) is 5.82 Å². The molecule has 0 aliphatic carbocycles. The van der Waals surface area contributed by atoms with Crippen molar-refractivity contribution in [1.82, 2.24) is 9.29 Å². The lowest BCUT2D eigenvalue weighted by atomic mass is 10.1. The molecule has 0 saturated heterocycles. The number of carbonyl (C=O) groups excluding carboxylic acids is 1. The minimum absolute atomic E-state index is 0.177. The monoisotopic (exact) mass is 489 g/mol. The number of benzene rings is 2. The molecule has 0 radical (unpaired) electrons. The summed E-state index contributed by atoms with van der Waals surface area (Å²) in [5.74, 6) is -0.490. The number of nitrogens with one attached hydrogen (secondary N) is 1. The predicted molar refractivity (Wildman–Crippen MR) is 130 cm³/mol. The lowest BCUT2D eigenvalue weighted by Crippen LogP contribution is -2.32. The maximum Gasteiger partial charge on any atom is 0.243 e. The summed E-state index contributed by atoms with van der Waals surface area (Å²) >= 11 is 1.31. The van der Waals surface area contributed by atoms with Gasteiger partial charge in [0, 0.05) is 30.5 Å². The largest absolute Gasteiger partial charge is 0.302 e. The molecule has 3 aromatic rings. The molecule has 1 heterocycles. The van der Waals surface area contributed by atoms with Crippen LogP contribution in [0.15, 0.2) is 58.8 Å². The van der Waals surface area contributed by atoms with Crippen LogP contribution in [-0.4, -0.2) is 36.7 Å². The summed E-state index contributed by atoms with van der Waals surface area (Å²) in [5, 5.41) is 5.07. The average molecular weight is 490 g/mol. The van der Waals surface area contributed by atoms with Crippen LogP contribution in [0.1, 0.15) is 38.7 Å². The van der Waals surface area contributed by atoms with Crippen LogP contribution in [0.2, 0.25) is 0 Å². The average Bonchev–Trinajstić information content (AvgIpc) is 3.26. The Hall–Kier alpha value is -2.62. The Bertz CT molecular complexity index is 1150. The van der Waals surface area contributed by atoms with E-state index in [4.69, 9.17) is 0 Å². The summed E-state index contributed by atoms with van der Waals surface area (Å²) in [6.07, 6.45) is 2.25. The second kappa shape index (κ2) is 11.5. The highest BCUT2D eigenvalue weighted by atomic mass is 32.2. The van der Waals surface area contributed by atoms with Gasteiger partial charge in [-0.2, -0.15) is 4.31 Å². The van der Waals surface area contributed by atoms with E-state index in [0.717, 1.165) is 24.0 Å². The van der Waals surface area contributed by atoms with Crippen molar-refractivity contribution < 1.29 is 17.6 Å². The van der Waals surface area contributed by atoms with Crippen molar-refractivity contribution in [3.63, 3.8) is 0 Å². The molecule has 1 N–H and O–H groups in total. The van der Waals surface area contributed by atoms with Crippen molar-refractivity contribution >= 4 is 32.4 Å². The van der Waals surface area contributed by atoms with E-state index in [9.17, 15) is 17.6 Å². The van der Waals surface area contributed by atoms with Crippen molar-refractivity contribution in [1.29, 1.82) is 0 Å². The minimum atomic E-state index is -3.51. The van der Waals surface area contributed by atoms with Gasteiger partial charge in [0.15, 0.2) is 5.13 Å². The smallest absolute Gasteiger partial charge is 0.243 e. The number of rotatable bonds is 11. The van der Waals surface area contributed by atoms with Gasteiger partial charge in [0.05, 0.1) is 10.6 Å². The number of carbonyl (C=O) groups is 1. The first kappa shape index (κ1) is 25.0. The quantitative estimate of drug-likeness (QED) is 0.395. The van der Waals surface area contributed by atoms with Crippen molar-refractivity contribution in [3.05, 3.63) is 65.3 Å².